The van der Waals surface area contributed by atoms with Gasteiger partial charge >= 0.3 is 0 Å². The Bertz CT molecular complexity index is 688. The summed E-state index contributed by atoms with van der Waals surface area (Å²) in [4.78, 5) is 0. The van der Waals surface area contributed by atoms with Crippen LogP contribution in [0.2, 0.25) is 5.02 Å². The maximum Gasteiger partial charge on any atom is 0.141 e. The normalized spacial score (nSPS) is 10.5. The van der Waals surface area contributed by atoms with Crippen LogP contribution in [0.5, 0.6) is 0 Å². The van der Waals surface area contributed by atoms with E-state index in [1.54, 1.807) is 6.07 Å². The van der Waals surface area contributed by atoms with Crippen LogP contribution in [0.25, 0.3) is 11.1 Å². The monoisotopic (exact) mass is 315 g/mol. The summed E-state index contributed by atoms with van der Waals surface area (Å²) in [5, 5.41) is 9.49. The van der Waals surface area contributed by atoms with E-state index >= 15 is 0 Å². The van der Waals surface area contributed by atoms with E-state index in [1.807, 2.05) is 24.3 Å². The van der Waals surface area contributed by atoms with Gasteiger partial charge in [0.25, 0.3) is 0 Å². The number of hydrogen-bond donors (Lipinski definition) is 0. The van der Waals surface area contributed by atoms with Gasteiger partial charge in [0.1, 0.15) is 11.9 Å². The lowest BCUT2D eigenvalue weighted by atomic mass is 9.98. The fourth-order valence-electron chi connectivity index (χ4n) is 2.51. The Hall–Kier alpha value is -1.85. The fraction of sp³-hybridized carbons (Fsp3) is 0.316. The van der Waals surface area contributed by atoms with E-state index in [0.29, 0.717) is 10.6 Å². The standard InChI is InChI=1S/C19H19ClFN/c1-2-3-4-5-7-14-8-6-9-17(19(14)20)15-10-11-16(13-22)18(21)12-15/h6,8-12H,2-5,7H2,1H3. The number of hydrogen-bond acceptors (Lipinski definition) is 1. The molecule has 2 aromatic carbocycles. The summed E-state index contributed by atoms with van der Waals surface area (Å²) in [7, 11) is 0. The summed E-state index contributed by atoms with van der Waals surface area (Å²) in [5.41, 5.74) is 2.67. The third-order valence-corrected chi connectivity index (χ3v) is 4.23. The molecule has 3 heteroatoms. The van der Waals surface area contributed by atoms with Gasteiger partial charge in [-0.3, -0.25) is 0 Å². The summed E-state index contributed by atoms with van der Waals surface area (Å²) in [6.07, 6.45) is 5.68. The van der Waals surface area contributed by atoms with Crippen LogP contribution in [0.3, 0.4) is 0 Å². The van der Waals surface area contributed by atoms with Crippen molar-refractivity contribution in [1.29, 1.82) is 5.26 Å². The predicted octanol–water partition coefficient (Wildman–Crippen LogP) is 6.14. The molecule has 0 fully saturated rings. The van der Waals surface area contributed by atoms with Gasteiger partial charge in [-0.05, 0) is 36.1 Å². The number of benzene rings is 2. The quantitative estimate of drug-likeness (QED) is 0.587. The van der Waals surface area contributed by atoms with Crippen LogP contribution in [-0.2, 0) is 6.42 Å². The highest BCUT2D eigenvalue weighted by Crippen LogP contribution is 2.32. The zero-order valence-corrected chi connectivity index (χ0v) is 13.5. The van der Waals surface area contributed by atoms with Gasteiger partial charge in [-0.2, -0.15) is 5.26 Å². The second-order valence-electron chi connectivity index (χ2n) is 5.40. The van der Waals surface area contributed by atoms with Gasteiger partial charge in [0.05, 0.1) is 10.6 Å². The molecule has 0 atom stereocenters. The molecule has 0 spiro atoms. The van der Waals surface area contributed by atoms with Gasteiger partial charge in [-0.25, -0.2) is 4.39 Å². The van der Waals surface area contributed by atoms with Gasteiger partial charge in [0.15, 0.2) is 0 Å². The van der Waals surface area contributed by atoms with Crippen molar-refractivity contribution in [2.24, 2.45) is 0 Å². The smallest absolute Gasteiger partial charge is 0.141 e. The molecular formula is C19H19ClFN. The van der Waals surface area contributed by atoms with Gasteiger partial charge in [0, 0.05) is 5.56 Å². The van der Waals surface area contributed by atoms with Crippen LogP contribution in [0.4, 0.5) is 4.39 Å². The lowest BCUT2D eigenvalue weighted by molar-refractivity contribution is 0.624. The Morgan fingerprint density at radius 2 is 1.95 bits per heavy atom. The predicted molar refractivity (Wildman–Crippen MR) is 89.4 cm³/mol. The third-order valence-electron chi connectivity index (χ3n) is 3.78. The number of halogens is 2. The summed E-state index contributed by atoms with van der Waals surface area (Å²) in [5.74, 6) is -0.510. The van der Waals surface area contributed by atoms with E-state index in [1.165, 1.54) is 31.4 Å². The number of rotatable bonds is 6. The molecule has 114 valence electrons. The molecule has 0 heterocycles. The summed E-state index contributed by atoms with van der Waals surface area (Å²) in [6, 6.07) is 12.3. The largest absolute Gasteiger partial charge is 0.206 e. The Labute approximate surface area is 136 Å². The van der Waals surface area contributed by atoms with Crippen molar-refractivity contribution in [3.05, 3.63) is 58.4 Å². The first kappa shape index (κ1) is 16.5. The van der Waals surface area contributed by atoms with Crippen LogP contribution >= 0.6 is 11.6 Å². The SMILES string of the molecule is CCCCCCc1cccc(-c2ccc(C#N)c(F)c2)c1Cl. The Balaban J connectivity index is 2.25. The Morgan fingerprint density at radius 1 is 1.14 bits per heavy atom. The number of nitriles is 1. The molecule has 0 aliphatic heterocycles. The van der Waals surface area contributed by atoms with E-state index in [9.17, 15) is 4.39 Å². The minimum absolute atomic E-state index is 0.0515. The van der Waals surface area contributed by atoms with Crippen LogP contribution in [-0.4, -0.2) is 0 Å². The van der Waals surface area contributed by atoms with Crippen molar-refractivity contribution < 1.29 is 4.39 Å². The third kappa shape index (κ3) is 3.87. The minimum atomic E-state index is -0.510. The summed E-state index contributed by atoms with van der Waals surface area (Å²) >= 11 is 6.49. The van der Waals surface area contributed by atoms with E-state index in [0.717, 1.165) is 24.0 Å². The number of nitrogens with zero attached hydrogens (tertiary/aromatic N) is 1. The van der Waals surface area contributed by atoms with Crippen molar-refractivity contribution in [3.8, 4) is 17.2 Å². The zero-order valence-electron chi connectivity index (χ0n) is 12.7. The Kier molecular flexibility index (Phi) is 5.98. The second kappa shape index (κ2) is 7.96. The van der Waals surface area contributed by atoms with Crippen molar-refractivity contribution in [1.82, 2.24) is 0 Å². The Morgan fingerprint density at radius 3 is 2.64 bits per heavy atom. The van der Waals surface area contributed by atoms with Crippen molar-refractivity contribution in [3.63, 3.8) is 0 Å². The average Bonchev–Trinajstić information content (AvgIpc) is 2.53. The molecule has 0 unspecified atom stereocenters. The molecule has 0 radical (unpaired) electrons. The molecule has 0 amide bonds. The van der Waals surface area contributed by atoms with Crippen LogP contribution in [0, 0.1) is 17.1 Å². The van der Waals surface area contributed by atoms with Crippen molar-refractivity contribution in [2.45, 2.75) is 39.0 Å². The van der Waals surface area contributed by atoms with Crippen LogP contribution in [0.1, 0.15) is 43.7 Å². The molecule has 0 aliphatic carbocycles. The van der Waals surface area contributed by atoms with E-state index in [-0.39, 0.29) is 5.56 Å². The molecule has 0 N–H and O–H groups in total. The van der Waals surface area contributed by atoms with Gasteiger partial charge in [0.2, 0.25) is 0 Å². The van der Waals surface area contributed by atoms with Crippen molar-refractivity contribution in [2.75, 3.05) is 0 Å². The molecule has 22 heavy (non-hydrogen) atoms. The summed E-state index contributed by atoms with van der Waals surface area (Å²) in [6.45, 7) is 2.19. The van der Waals surface area contributed by atoms with E-state index in [4.69, 9.17) is 16.9 Å². The molecule has 0 bridgehead atoms. The highest BCUT2D eigenvalue weighted by Gasteiger charge is 2.10. The zero-order chi connectivity index (χ0) is 15.9. The molecule has 0 saturated carbocycles. The van der Waals surface area contributed by atoms with Crippen LogP contribution in [0.15, 0.2) is 36.4 Å². The number of unbranched alkanes of at least 4 members (excludes halogenated alkanes) is 3. The molecule has 2 aromatic rings. The molecular weight excluding hydrogens is 297 g/mol. The average molecular weight is 316 g/mol. The molecule has 1 nitrogen and oxygen atoms in total. The topological polar surface area (TPSA) is 23.8 Å². The molecule has 0 saturated heterocycles. The van der Waals surface area contributed by atoms with Crippen molar-refractivity contribution >= 4 is 11.6 Å². The molecule has 0 aliphatic rings. The van der Waals surface area contributed by atoms with E-state index < -0.39 is 5.82 Å². The first-order chi connectivity index (χ1) is 10.7. The minimum Gasteiger partial charge on any atom is -0.206 e. The molecule has 0 aromatic heterocycles. The van der Waals surface area contributed by atoms with Gasteiger partial charge in [-0.15, -0.1) is 0 Å². The summed E-state index contributed by atoms with van der Waals surface area (Å²) < 4.78 is 13.8. The fourth-order valence-corrected chi connectivity index (χ4v) is 2.84. The lowest BCUT2D eigenvalue weighted by Crippen LogP contribution is -1.91. The second-order valence-corrected chi connectivity index (χ2v) is 5.77. The van der Waals surface area contributed by atoms with Crippen LogP contribution < -0.4 is 0 Å². The first-order valence-electron chi connectivity index (χ1n) is 7.64. The molecule has 2 rings (SSSR count). The first-order valence-corrected chi connectivity index (χ1v) is 8.02. The number of aryl methyl sites for hydroxylation is 1. The van der Waals surface area contributed by atoms with Gasteiger partial charge in [-0.1, -0.05) is 62.1 Å². The van der Waals surface area contributed by atoms with E-state index in [2.05, 4.69) is 6.92 Å². The van der Waals surface area contributed by atoms with Gasteiger partial charge < -0.3 is 0 Å². The maximum atomic E-state index is 13.8. The highest BCUT2D eigenvalue weighted by atomic mass is 35.5. The maximum absolute atomic E-state index is 13.8. The highest BCUT2D eigenvalue weighted by molar-refractivity contribution is 6.34. The lowest BCUT2D eigenvalue weighted by Gasteiger charge is -2.10.